The van der Waals surface area contributed by atoms with Gasteiger partial charge in [-0.1, -0.05) is 41.2 Å². The van der Waals surface area contributed by atoms with Crippen LogP contribution in [0.25, 0.3) is 0 Å². The minimum Gasteiger partial charge on any atom is -0.312 e. The molecule has 2 rings (SSSR count). The molecule has 0 aliphatic rings. The lowest BCUT2D eigenvalue weighted by atomic mass is 10.0. The summed E-state index contributed by atoms with van der Waals surface area (Å²) in [5.41, 5.74) is 2.22. The number of likely N-dealkylation sites (N-methyl/N-ethyl adjacent to an activating group) is 1. The molecule has 0 saturated heterocycles. The normalized spacial score (nSPS) is 12.6. The highest BCUT2D eigenvalue weighted by atomic mass is 35.5. The average Bonchev–Trinajstić information content (AvgIpc) is 2.86. The van der Waals surface area contributed by atoms with E-state index in [0.717, 1.165) is 29.1 Å². The van der Waals surface area contributed by atoms with Crippen LogP contribution < -0.4 is 5.32 Å². The summed E-state index contributed by atoms with van der Waals surface area (Å²) in [4.78, 5) is 1.21. The number of rotatable bonds is 5. The molecule has 96 valence electrons. The number of halogens is 1. The maximum atomic E-state index is 6.20. The van der Waals surface area contributed by atoms with Gasteiger partial charge in [0.1, 0.15) is 0 Å². The molecule has 5 heteroatoms. The van der Waals surface area contributed by atoms with Crippen LogP contribution in [0.2, 0.25) is 5.02 Å². The van der Waals surface area contributed by atoms with Crippen LogP contribution in [-0.4, -0.2) is 16.6 Å². The Kier molecular flexibility index (Phi) is 4.69. The lowest BCUT2D eigenvalue weighted by Gasteiger charge is -2.15. The van der Waals surface area contributed by atoms with E-state index in [1.54, 1.807) is 0 Å². The molecule has 0 fully saturated rings. The van der Waals surface area contributed by atoms with Crippen LogP contribution in [0.15, 0.2) is 24.3 Å². The van der Waals surface area contributed by atoms with E-state index in [1.165, 1.54) is 16.4 Å². The first-order valence-electron chi connectivity index (χ1n) is 5.98. The summed E-state index contributed by atoms with van der Waals surface area (Å²) < 4.78 is 4.04. The monoisotopic (exact) mass is 281 g/mol. The number of hydrogen-bond donors (Lipinski definition) is 1. The standard InChI is InChI=1S/C13H16ClN3S/c1-3-11-13(18-17-16-11)12(15-2)8-9-6-4-5-7-10(9)14/h4-7,12,15H,3,8H2,1-2H3. The summed E-state index contributed by atoms with van der Waals surface area (Å²) in [7, 11) is 1.96. The first-order valence-corrected chi connectivity index (χ1v) is 7.13. The van der Waals surface area contributed by atoms with Crippen LogP contribution in [0.1, 0.15) is 29.1 Å². The second kappa shape index (κ2) is 6.27. The number of aromatic nitrogens is 2. The highest BCUT2D eigenvalue weighted by Crippen LogP contribution is 2.27. The zero-order valence-corrected chi connectivity index (χ0v) is 12.1. The summed E-state index contributed by atoms with van der Waals surface area (Å²) in [6.45, 7) is 2.10. The van der Waals surface area contributed by atoms with Crippen LogP contribution in [-0.2, 0) is 12.8 Å². The van der Waals surface area contributed by atoms with Crippen LogP contribution in [0, 0.1) is 0 Å². The Morgan fingerprint density at radius 3 is 2.83 bits per heavy atom. The van der Waals surface area contributed by atoms with E-state index in [2.05, 4.69) is 27.9 Å². The van der Waals surface area contributed by atoms with E-state index >= 15 is 0 Å². The van der Waals surface area contributed by atoms with Gasteiger partial charge < -0.3 is 5.32 Å². The van der Waals surface area contributed by atoms with Crippen molar-refractivity contribution in [2.24, 2.45) is 0 Å². The fourth-order valence-electron chi connectivity index (χ4n) is 1.94. The van der Waals surface area contributed by atoms with Gasteiger partial charge in [0.2, 0.25) is 0 Å². The third-order valence-corrected chi connectivity index (χ3v) is 4.22. The van der Waals surface area contributed by atoms with Gasteiger partial charge in [0.05, 0.1) is 10.6 Å². The molecular formula is C13H16ClN3S. The van der Waals surface area contributed by atoms with Gasteiger partial charge >= 0.3 is 0 Å². The first-order chi connectivity index (χ1) is 8.76. The molecule has 1 unspecified atom stereocenters. The second-order valence-corrected chi connectivity index (χ2v) is 5.27. The summed E-state index contributed by atoms with van der Waals surface area (Å²) in [5, 5.41) is 8.30. The van der Waals surface area contributed by atoms with E-state index in [9.17, 15) is 0 Å². The predicted octanol–water partition coefficient (Wildman–Crippen LogP) is 3.26. The minimum atomic E-state index is 0.222. The summed E-state index contributed by atoms with van der Waals surface area (Å²) in [5.74, 6) is 0. The van der Waals surface area contributed by atoms with Gasteiger partial charge in [0.25, 0.3) is 0 Å². The fourth-order valence-corrected chi connectivity index (χ4v) is 2.99. The van der Waals surface area contributed by atoms with Crippen LogP contribution in [0.3, 0.4) is 0 Å². The molecule has 0 aliphatic heterocycles. The van der Waals surface area contributed by atoms with E-state index < -0.39 is 0 Å². The maximum absolute atomic E-state index is 6.20. The molecule has 0 spiro atoms. The Bertz CT molecular complexity index is 512. The average molecular weight is 282 g/mol. The van der Waals surface area contributed by atoms with Gasteiger partial charge in [-0.2, -0.15) is 0 Å². The quantitative estimate of drug-likeness (QED) is 0.914. The molecule has 2 aromatic rings. The first kappa shape index (κ1) is 13.5. The number of benzene rings is 1. The summed E-state index contributed by atoms with van der Waals surface area (Å²) >= 11 is 7.67. The van der Waals surface area contributed by atoms with Crippen molar-refractivity contribution < 1.29 is 0 Å². The molecule has 1 atom stereocenters. The molecule has 3 nitrogen and oxygen atoms in total. The second-order valence-electron chi connectivity index (χ2n) is 4.07. The highest BCUT2D eigenvalue weighted by Gasteiger charge is 2.18. The largest absolute Gasteiger partial charge is 0.312 e. The van der Waals surface area contributed by atoms with E-state index in [4.69, 9.17) is 11.6 Å². The molecule has 0 saturated carbocycles. The van der Waals surface area contributed by atoms with Crippen molar-refractivity contribution in [3.05, 3.63) is 45.4 Å². The van der Waals surface area contributed by atoms with E-state index in [-0.39, 0.29) is 6.04 Å². The molecule has 18 heavy (non-hydrogen) atoms. The molecule has 1 heterocycles. The van der Waals surface area contributed by atoms with Crippen molar-refractivity contribution in [3.63, 3.8) is 0 Å². The van der Waals surface area contributed by atoms with Crippen molar-refractivity contribution in [1.82, 2.24) is 14.9 Å². The molecule has 0 aliphatic carbocycles. The van der Waals surface area contributed by atoms with E-state index in [1.807, 2.05) is 25.2 Å². The lowest BCUT2D eigenvalue weighted by molar-refractivity contribution is 0.595. The molecule has 1 aromatic carbocycles. The molecule has 0 amide bonds. The van der Waals surface area contributed by atoms with E-state index in [0.29, 0.717) is 0 Å². The predicted molar refractivity (Wildman–Crippen MR) is 76.2 cm³/mol. The lowest BCUT2D eigenvalue weighted by Crippen LogP contribution is -2.19. The van der Waals surface area contributed by atoms with Crippen molar-refractivity contribution in [2.45, 2.75) is 25.8 Å². The summed E-state index contributed by atoms with van der Waals surface area (Å²) in [6, 6.07) is 8.17. The number of aryl methyl sites for hydroxylation is 1. The Morgan fingerprint density at radius 1 is 1.39 bits per heavy atom. The van der Waals surface area contributed by atoms with Crippen LogP contribution in [0.5, 0.6) is 0 Å². The maximum Gasteiger partial charge on any atom is 0.0801 e. The topological polar surface area (TPSA) is 37.8 Å². The van der Waals surface area contributed by atoms with Crippen molar-refractivity contribution in [1.29, 1.82) is 0 Å². The van der Waals surface area contributed by atoms with Crippen LogP contribution in [0.4, 0.5) is 0 Å². The Balaban J connectivity index is 2.23. The van der Waals surface area contributed by atoms with Gasteiger partial charge in [-0.3, -0.25) is 0 Å². The Morgan fingerprint density at radius 2 is 2.17 bits per heavy atom. The molecule has 0 radical (unpaired) electrons. The van der Waals surface area contributed by atoms with Gasteiger partial charge in [-0.25, -0.2) is 0 Å². The zero-order chi connectivity index (χ0) is 13.0. The van der Waals surface area contributed by atoms with Crippen molar-refractivity contribution >= 4 is 23.1 Å². The number of nitrogens with zero attached hydrogens (tertiary/aromatic N) is 2. The Hall–Kier alpha value is -0.970. The van der Waals surface area contributed by atoms with Gasteiger partial charge in [0, 0.05) is 11.1 Å². The Labute approximate surface area is 116 Å². The third-order valence-electron chi connectivity index (χ3n) is 2.97. The highest BCUT2D eigenvalue weighted by molar-refractivity contribution is 7.05. The number of nitrogens with one attached hydrogen (secondary N) is 1. The van der Waals surface area contributed by atoms with Gasteiger partial charge in [-0.05, 0) is 43.1 Å². The molecular weight excluding hydrogens is 266 g/mol. The smallest absolute Gasteiger partial charge is 0.0801 e. The van der Waals surface area contributed by atoms with Crippen molar-refractivity contribution in [2.75, 3.05) is 7.05 Å². The third kappa shape index (κ3) is 2.88. The zero-order valence-electron chi connectivity index (χ0n) is 10.5. The van der Waals surface area contributed by atoms with Gasteiger partial charge in [0.15, 0.2) is 0 Å². The molecule has 1 aromatic heterocycles. The molecule has 0 bridgehead atoms. The minimum absolute atomic E-state index is 0.222. The number of hydrogen-bond acceptors (Lipinski definition) is 4. The molecule has 1 N–H and O–H groups in total. The van der Waals surface area contributed by atoms with Crippen molar-refractivity contribution in [3.8, 4) is 0 Å². The SMILES string of the molecule is CCc1nnsc1C(Cc1ccccc1Cl)NC. The van der Waals surface area contributed by atoms with Crippen LogP contribution >= 0.6 is 23.1 Å². The summed E-state index contributed by atoms with van der Waals surface area (Å²) in [6.07, 6.45) is 1.76. The van der Waals surface area contributed by atoms with Gasteiger partial charge in [-0.15, -0.1) is 5.10 Å². The fraction of sp³-hybridized carbons (Fsp3) is 0.385.